The Balaban J connectivity index is 1.67. The van der Waals surface area contributed by atoms with Gasteiger partial charge in [-0.25, -0.2) is 4.79 Å². The average molecular weight is 960 g/mol. The van der Waals surface area contributed by atoms with Crippen molar-refractivity contribution in [3.8, 4) is 0 Å². The smallest absolute Gasteiger partial charge is 0.329 e. The molecular formula is C53H85NO14. The van der Waals surface area contributed by atoms with Crippen molar-refractivity contribution >= 4 is 29.2 Å². The first kappa shape index (κ1) is 57.4. The van der Waals surface area contributed by atoms with E-state index in [9.17, 15) is 39.3 Å². The van der Waals surface area contributed by atoms with Gasteiger partial charge in [-0.05, 0) is 107 Å². The van der Waals surface area contributed by atoms with Gasteiger partial charge in [0.2, 0.25) is 5.79 Å². The number of rotatable bonds is 9. The van der Waals surface area contributed by atoms with Gasteiger partial charge in [0.1, 0.15) is 24.0 Å². The van der Waals surface area contributed by atoms with E-state index in [0.717, 1.165) is 12.0 Å². The van der Waals surface area contributed by atoms with E-state index in [-0.39, 0.29) is 80.5 Å². The van der Waals surface area contributed by atoms with Gasteiger partial charge in [-0.3, -0.25) is 19.2 Å². The maximum atomic E-state index is 14.5. The maximum absolute atomic E-state index is 14.5. The molecule has 16 atom stereocenters. The molecule has 4 aliphatic rings. The Morgan fingerprint density at radius 2 is 1.57 bits per heavy atom. The summed E-state index contributed by atoms with van der Waals surface area (Å²) in [6.07, 6.45) is 11.1. The highest BCUT2D eigenvalue weighted by atomic mass is 16.6. The topological polar surface area (TPSA) is 205 Å². The summed E-state index contributed by atoms with van der Waals surface area (Å²) in [5.74, 6) is -8.07. The van der Waals surface area contributed by atoms with Gasteiger partial charge in [0.15, 0.2) is 5.78 Å². The van der Waals surface area contributed by atoms with Crippen LogP contribution in [0.15, 0.2) is 36.0 Å². The normalized spacial score (nSPS) is 39.6. The van der Waals surface area contributed by atoms with Gasteiger partial charge in [0.05, 0.1) is 43.7 Å². The molecule has 4 rings (SSSR count). The van der Waals surface area contributed by atoms with Gasteiger partial charge in [-0.2, -0.15) is 0 Å². The molecule has 15 heteroatoms. The number of allylic oxidation sites excluding steroid dienone is 5. The lowest BCUT2D eigenvalue weighted by molar-refractivity contribution is -0.265. The second kappa shape index (κ2) is 27.5. The molecule has 3 N–H and O–H groups in total. The highest BCUT2D eigenvalue weighted by molar-refractivity contribution is 6.39. The zero-order chi connectivity index (χ0) is 50.3. The number of carbonyl (C=O) groups is 5. The van der Waals surface area contributed by atoms with E-state index < -0.39 is 83.7 Å². The van der Waals surface area contributed by atoms with Crippen molar-refractivity contribution in [1.29, 1.82) is 0 Å². The molecule has 0 aromatic carbocycles. The van der Waals surface area contributed by atoms with Crippen LogP contribution in [0, 0.1) is 41.4 Å². The molecule has 1 aliphatic carbocycles. The van der Waals surface area contributed by atoms with Gasteiger partial charge >= 0.3 is 5.97 Å². The lowest BCUT2D eigenvalue weighted by atomic mass is 9.78. The average Bonchev–Trinajstić information content (AvgIpc) is 3.32. The van der Waals surface area contributed by atoms with E-state index in [1.165, 1.54) is 12.0 Å². The molecule has 3 fully saturated rings. The quantitative estimate of drug-likeness (QED) is 0.172. The minimum absolute atomic E-state index is 0.0304. The van der Waals surface area contributed by atoms with E-state index in [4.69, 9.17) is 28.4 Å². The minimum atomic E-state index is -2.43. The first-order valence-corrected chi connectivity index (χ1v) is 25.3. The summed E-state index contributed by atoms with van der Waals surface area (Å²) in [5.41, 5.74) is 0.883. The lowest BCUT2D eigenvalue weighted by Gasteiger charge is -2.42. The van der Waals surface area contributed by atoms with Crippen LogP contribution in [0.4, 0.5) is 0 Å². The molecule has 16 unspecified atom stereocenters. The third-order valence-electron chi connectivity index (χ3n) is 15.3. The number of fused-ring (bicyclic) bond motifs is 3. The highest BCUT2D eigenvalue weighted by Gasteiger charge is 2.53. The Bertz CT molecular complexity index is 1750. The van der Waals surface area contributed by atoms with Crippen molar-refractivity contribution < 1.29 is 67.7 Å². The minimum Gasteiger partial charge on any atom is -0.460 e. The second-order valence-electron chi connectivity index (χ2n) is 20.6. The van der Waals surface area contributed by atoms with Crippen molar-refractivity contribution in [3.63, 3.8) is 0 Å². The fraction of sp³-hybridized carbons (Fsp3) is 0.792. The number of methoxy groups -OCH3 is 3. The SMILES string of the molecule is COC1CC2CCC(C)C(O)(O2)C(=O)C(=O)N2CCCCC2C(=O)OC(C(C)CC2CCC(OCCO)C(OC)C2)CC(=O)C(C)CC(C)C(O)C(OC)C(=O)C(C)CC(C)/C=C/C=C/C=C\1C. The number of Topliss-reactive ketones (excluding diaryl/α,β-unsaturated/α-hetero) is 3. The Morgan fingerprint density at radius 1 is 0.838 bits per heavy atom. The molecule has 2 saturated heterocycles. The molecule has 1 saturated carbocycles. The van der Waals surface area contributed by atoms with Crippen LogP contribution in [0.1, 0.15) is 132 Å². The lowest BCUT2D eigenvalue weighted by Crippen LogP contribution is -2.61. The summed E-state index contributed by atoms with van der Waals surface area (Å²) in [6, 6.07) is -1.13. The number of aliphatic hydroxyl groups is 3. The number of amides is 1. The van der Waals surface area contributed by atoms with Crippen LogP contribution < -0.4 is 0 Å². The first-order valence-electron chi connectivity index (χ1n) is 25.3. The van der Waals surface area contributed by atoms with Crippen molar-refractivity contribution in [2.24, 2.45) is 41.4 Å². The highest BCUT2D eigenvalue weighted by Crippen LogP contribution is 2.38. The molecule has 3 aliphatic heterocycles. The molecule has 0 spiro atoms. The number of hydrogen-bond donors (Lipinski definition) is 3. The van der Waals surface area contributed by atoms with Crippen LogP contribution in [0.25, 0.3) is 0 Å². The van der Waals surface area contributed by atoms with Crippen molar-refractivity contribution in [2.45, 2.75) is 186 Å². The van der Waals surface area contributed by atoms with E-state index in [2.05, 4.69) is 0 Å². The van der Waals surface area contributed by atoms with Gasteiger partial charge < -0.3 is 48.6 Å². The predicted octanol–water partition coefficient (Wildman–Crippen LogP) is 6.28. The van der Waals surface area contributed by atoms with E-state index >= 15 is 0 Å². The van der Waals surface area contributed by atoms with Crippen LogP contribution in [0.3, 0.4) is 0 Å². The van der Waals surface area contributed by atoms with Gasteiger partial charge in [-0.15, -0.1) is 0 Å². The van der Waals surface area contributed by atoms with Crippen molar-refractivity contribution in [1.82, 2.24) is 4.90 Å². The third-order valence-corrected chi connectivity index (χ3v) is 15.3. The molecule has 3 heterocycles. The van der Waals surface area contributed by atoms with Crippen LogP contribution >= 0.6 is 0 Å². The van der Waals surface area contributed by atoms with Crippen molar-refractivity contribution in [3.05, 3.63) is 36.0 Å². The molecule has 1 amide bonds. The molecule has 2 bridgehead atoms. The van der Waals surface area contributed by atoms with E-state index in [0.29, 0.717) is 57.8 Å². The van der Waals surface area contributed by atoms with Gasteiger partial charge in [0.25, 0.3) is 11.7 Å². The zero-order valence-electron chi connectivity index (χ0n) is 42.6. The monoisotopic (exact) mass is 960 g/mol. The number of esters is 1. The second-order valence-corrected chi connectivity index (χ2v) is 20.6. The Morgan fingerprint density at radius 3 is 2.25 bits per heavy atom. The fourth-order valence-electron chi connectivity index (χ4n) is 10.8. The van der Waals surface area contributed by atoms with Crippen LogP contribution in [-0.4, -0.2) is 145 Å². The van der Waals surface area contributed by atoms with Crippen LogP contribution in [0.2, 0.25) is 0 Å². The number of ether oxygens (including phenoxy) is 6. The summed E-state index contributed by atoms with van der Waals surface area (Å²) in [6.45, 7) is 13.2. The number of carbonyl (C=O) groups excluding carboxylic acids is 5. The first-order chi connectivity index (χ1) is 32.3. The van der Waals surface area contributed by atoms with E-state index in [1.807, 2.05) is 58.1 Å². The van der Waals surface area contributed by atoms with Crippen LogP contribution in [0.5, 0.6) is 0 Å². The summed E-state index contributed by atoms with van der Waals surface area (Å²) < 4.78 is 35.6. The van der Waals surface area contributed by atoms with Gasteiger partial charge in [-0.1, -0.05) is 71.9 Å². The number of ketones is 3. The van der Waals surface area contributed by atoms with Crippen molar-refractivity contribution in [2.75, 3.05) is 41.1 Å². The maximum Gasteiger partial charge on any atom is 0.329 e. The molecule has 68 heavy (non-hydrogen) atoms. The summed E-state index contributed by atoms with van der Waals surface area (Å²) in [7, 11) is 4.62. The van der Waals surface area contributed by atoms with E-state index in [1.54, 1.807) is 35.0 Å². The molecule has 15 nitrogen and oxygen atoms in total. The molecule has 0 aromatic rings. The molecular weight excluding hydrogens is 875 g/mol. The molecule has 0 radical (unpaired) electrons. The number of hydrogen-bond acceptors (Lipinski definition) is 14. The summed E-state index contributed by atoms with van der Waals surface area (Å²) >= 11 is 0. The number of piperidine rings is 1. The Labute approximate surface area is 405 Å². The summed E-state index contributed by atoms with van der Waals surface area (Å²) in [4.78, 5) is 72.2. The summed E-state index contributed by atoms with van der Waals surface area (Å²) in [5, 5.41) is 32.9. The zero-order valence-corrected chi connectivity index (χ0v) is 42.6. The fourth-order valence-corrected chi connectivity index (χ4v) is 10.8. The predicted molar refractivity (Wildman–Crippen MR) is 256 cm³/mol. The standard InChI is InChI=1S/C53H85NO14/c1-32-16-12-11-13-17-33(2)44(63-8)30-40-21-19-38(7)53(62,68-40)50(59)51(60)54-23-15-14-18-41(54)52(61)67-45(35(4)28-39-20-22-43(66-25-24-55)46(29-39)64-9)31-42(56)34(3)27-37(6)48(58)49(65-10)47(57)36(5)26-32/h11-13,16-17,32,34-41,43-46,48-49,55,58,62H,14-15,18-31H2,1-10H3/b13-11+,16-12+,33-17-. The van der Waals surface area contributed by atoms with Crippen LogP contribution in [-0.2, 0) is 52.4 Å². The number of aliphatic hydroxyl groups excluding tert-OH is 2. The Kier molecular flexibility index (Phi) is 23.2. The number of cyclic esters (lactones) is 1. The molecule has 0 aromatic heterocycles. The van der Waals surface area contributed by atoms with Gasteiger partial charge in [0, 0.05) is 58.5 Å². The Hall–Kier alpha value is -3.15. The molecule has 386 valence electrons. The number of nitrogens with zero attached hydrogens (tertiary/aromatic N) is 1. The largest absolute Gasteiger partial charge is 0.460 e. The third kappa shape index (κ3) is 15.4.